The van der Waals surface area contributed by atoms with Gasteiger partial charge in [-0.2, -0.15) is 0 Å². The zero-order valence-corrected chi connectivity index (χ0v) is 21.8. The normalized spacial score (nSPS) is 16.1. The van der Waals surface area contributed by atoms with Crippen molar-refractivity contribution in [1.82, 2.24) is 5.32 Å². The molecule has 0 fully saturated rings. The van der Waals surface area contributed by atoms with Crippen LogP contribution in [0.1, 0.15) is 46.8 Å². The Morgan fingerprint density at radius 2 is 1.76 bits per heavy atom. The van der Waals surface area contributed by atoms with Gasteiger partial charge < -0.3 is 19.5 Å². The van der Waals surface area contributed by atoms with E-state index in [9.17, 15) is 14.0 Å². The molecule has 0 saturated carbocycles. The number of fused-ring (bicyclic) bond motifs is 2. The number of methoxy groups -OCH3 is 1. The molecule has 38 heavy (non-hydrogen) atoms. The number of carbonyl (C=O) groups is 2. The highest BCUT2D eigenvalue weighted by atomic mass is 35.5. The van der Waals surface area contributed by atoms with Gasteiger partial charge in [-0.15, -0.1) is 0 Å². The van der Waals surface area contributed by atoms with E-state index in [1.165, 1.54) is 13.2 Å². The number of Topliss-reactive ketones (excluding diaryl/α,β-unsaturated/α-hetero) is 1. The number of rotatable bonds is 7. The maximum atomic E-state index is 14.2. The molecular weight excluding hydrogens is 509 g/mol. The average molecular weight is 534 g/mol. The summed E-state index contributed by atoms with van der Waals surface area (Å²) < 4.78 is 31.1. The number of esters is 1. The van der Waals surface area contributed by atoms with Gasteiger partial charge in [0.25, 0.3) is 0 Å². The van der Waals surface area contributed by atoms with E-state index >= 15 is 0 Å². The molecule has 1 aliphatic heterocycles. The van der Waals surface area contributed by atoms with Gasteiger partial charge >= 0.3 is 5.97 Å². The van der Waals surface area contributed by atoms with Crippen molar-refractivity contribution in [2.45, 2.75) is 26.4 Å². The molecule has 1 aliphatic carbocycles. The molecule has 3 aromatic rings. The summed E-state index contributed by atoms with van der Waals surface area (Å²) in [6, 6.07) is 17.0. The van der Waals surface area contributed by atoms with E-state index in [0.717, 1.165) is 5.56 Å². The van der Waals surface area contributed by atoms with Crippen LogP contribution < -0.4 is 14.8 Å². The fourth-order valence-electron chi connectivity index (χ4n) is 4.97. The third kappa shape index (κ3) is 4.33. The molecule has 1 atom stereocenters. The fourth-order valence-corrected chi connectivity index (χ4v) is 5.24. The van der Waals surface area contributed by atoms with Crippen molar-refractivity contribution in [3.05, 3.63) is 111 Å². The molecule has 1 heterocycles. The Kier molecular flexibility index (Phi) is 6.95. The quantitative estimate of drug-likeness (QED) is 0.365. The van der Waals surface area contributed by atoms with Crippen LogP contribution in [0.15, 0.2) is 77.5 Å². The lowest BCUT2D eigenvalue weighted by Gasteiger charge is -2.29. The summed E-state index contributed by atoms with van der Waals surface area (Å²) >= 11 is 6.71. The zero-order chi connectivity index (χ0) is 27.0. The van der Waals surface area contributed by atoms with Gasteiger partial charge in [0.1, 0.15) is 12.4 Å². The van der Waals surface area contributed by atoms with Crippen LogP contribution in [0.3, 0.4) is 0 Å². The second-order valence-corrected chi connectivity index (χ2v) is 9.30. The number of ketones is 1. The number of carbonyl (C=O) groups excluding carboxylic acids is 2. The summed E-state index contributed by atoms with van der Waals surface area (Å²) in [5, 5.41) is 3.45. The number of halogens is 2. The minimum absolute atomic E-state index is 0.0608. The number of allylic oxidation sites excluding steroid dienone is 2. The van der Waals surface area contributed by atoms with E-state index in [-0.39, 0.29) is 23.2 Å². The molecule has 6 nitrogen and oxygen atoms in total. The van der Waals surface area contributed by atoms with Gasteiger partial charge in [0, 0.05) is 33.9 Å². The summed E-state index contributed by atoms with van der Waals surface area (Å²) in [6.45, 7) is 3.83. The molecular formula is C30H25ClFNO5. The van der Waals surface area contributed by atoms with Crippen molar-refractivity contribution in [1.29, 1.82) is 0 Å². The third-order valence-corrected chi connectivity index (χ3v) is 6.93. The van der Waals surface area contributed by atoms with Gasteiger partial charge in [-0.05, 0) is 37.6 Å². The SMILES string of the molecule is CCOc1cc([C@H]2C(C(=O)OC)=C(C)NC3=C2C(=O)c2ccccc23)cc(Cl)c1OCc1ccccc1F. The van der Waals surface area contributed by atoms with Gasteiger partial charge in [0.2, 0.25) is 0 Å². The Labute approximate surface area is 224 Å². The summed E-state index contributed by atoms with van der Waals surface area (Å²) in [5.41, 5.74) is 4.18. The minimum Gasteiger partial charge on any atom is -0.490 e. The molecule has 0 bridgehead atoms. The first-order valence-electron chi connectivity index (χ1n) is 12.1. The molecule has 0 unspecified atom stereocenters. The van der Waals surface area contributed by atoms with Crippen LogP contribution in [-0.2, 0) is 16.1 Å². The second-order valence-electron chi connectivity index (χ2n) is 8.89. The largest absolute Gasteiger partial charge is 0.490 e. The number of benzene rings is 3. The first-order chi connectivity index (χ1) is 18.3. The maximum absolute atomic E-state index is 14.2. The van der Waals surface area contributed by atoms with E-state index in [2.05, 4.69) is 5.32 Å². The highest BCUT2D eigenvalue weighted by molar-refractivity contribution is 6.32. The van der Waals surface area contributed by atoms with Gasteiger partial charge in [-0.3, -0.25) is 4.79 Å². The highest BCUT2D eigenvalue weighted by Crippen LogP contribution is 2.49. The number of ether oxygens (including phenoxy) is 3. The minimum atomic E-state index is -0.768. The Morgan fingerprint density at radius 1 is 1.05 bits per heavy atom. The van der Waals surface area contributed by atoms with Crippen LogP contribution in [0.5, 0.6) is 11.5 Å². The maximum Gasteiger partial charge on any atom is 0.336 e. The van der Waals surface area contributed by atoms with Crippen LogP contribution in [0.25, 0.3) is 5.70 Å². The number of hydrogen-bond acceptors (Lipinski definition) is 6. The molecule has 0 saturated heterocycles. The smallest absolute Gasteiger partial charge is 0.336 e. The third-order valence-electron chi connectivity index (χ3n) is 6.65. The zero-order valence-electron chi connectivity index (χ0n) is 21.1. The van der Waals surface area contributed by atoms with Gasteiger partial charge in [-0.1, -0.05) is 54.1 Å². The van der Waals surface area contributed by atoms with E-state index < -0.39 is 17.7 Å². The lowest BCUT2D eigenvalue weighted by Crippen LogP contribution is -2.29. The first kappa shape index (κ1) is 25.5. The molecule has 3 aromatic carbocycles. The van der Waals surface area contributed by atoms with Crippen molar-refractivity contribution < 1.29 is 28.2 Å². The van der Waals surface area contributed by atoms with E-state index in [4.69, 9.17) is 25.8 Å². The Balaban J connectivity index is 1.63. The van der Waals surface area contributed by atoms with Crippen LogP contribution in [0.4, 0.5) is 4.39 Å². The molecule has 5 rings (SSSR count). The second kappa shape index (κ2) is 10.3. The van der Waals surface area contributed by atoms with Crippen LogP contribution >= 0.6 is 11.6 Å². The van der Waals surface area contributed by atoms with Gasteiger partial charge in [0.05, 0.1) is 30.0 Å². The lowest BCUT2D eigenvalue weighted by atomic mass is 9.79. The predicted molar refractivity (Wildman–Crippen MR) is 142 cm³/mol. The van der Waals surface area contributed by atoms with Crippen LogP contribution in [-0.4, -0.2) is 25.5 Å². The molecule has 1 N–H and O–H groups in total. The van der Waals surface area contributed by atoms with Crippen LogP contribution in [0.2, 0.25) is 5.02 Å². The highest BCUT2D eigenvalue weighted by Gasteiger charge is 2.43. The molecule has 0 aromatic heterocycles. The molecule has 0 radical (unpaired) electrons. The Hall–Kier alpha value is -4.10. The average Bonchev–Trinajstić information content (AvgIpc) is 3.19. The van der Waals surface area contributed by atoms with Crippen molar-refractivity contribution >= 4 is 29.1 Å². The number of dihydropyridines is 1. The predicted octanol–water partition coefficient (Wildman–Crippen LogP) is 6.20. The van der Waals surface area contributed by atoms with Gasteiger partial charge in [-0.25, -0.2) is 9.18 Å². The monoisotopic (exact) mass is 533 g/mol. The van der Waals surface area contributed by atoms with Crippen LogP contribution in [0, 0.1) is 5.82 Å². The molecule has 0 amide bonds. The fraction of sp³-hybridized carbons (Fsp3) is 0.200. The standard InChI is InChI=1S/C30H25ClFNO5/c1-4-37-23-14-18(13-21(31)29(23)38-15-17-9-5-8-12-22(17)32)25-24(30(35)36-3)16(2)33-27-19-10-6-7-11-20(19)28(34)26(25)27/h5-14,25,33H,4,15H2,1-3H3/t25-/m0/s1. The molecule has 194 valence electrons. The van der Waals surface area contributed by atoms with E-state index in [1.54, 1.807) is 49.4 Å². The summed E-state index contributed by atoms with van der Waals surface area (Å²) in [5.74, 6) is -1.35. The Bertz CT molecular complexity index is 1530. The summed E-state index contributed by atoms with van der Waals surface area (Å²) in [6.07, 6.45) is 0. The molecule has 8 heteroatoms. The van der Waals surface area contributed by atoms with Crippen molar-refractivity contribution in [2.24, 2.45) is 0 Å². The van der Waals surface area contributed by atoms with Crippen molar-refractivity contribution in [3.8, 4) is 11.5 Å². The van der Waals surface area contributed by atoms with E-state index in [1.807, 2.05) is 19.1 Å². The topological polar surface area (TPSA) is 73.9 Å². The number of hydrogen-bond donors (Lipinski definition) is 1. The first-order valence-corrected chi connectivity index (χ1v) is 12.5. The van der Waals surface area contributed by atoms with Crippen molar-refractivity contribution in [3.63, 3.8) is 0 Å². The molecule has 2 aliphatic rings. The summed E-state index contributed by atoms with van der Waals surface area (Å²) in [4.78, 5) is 26.6. The number of nitrogens with one attached hydrogen (secondary N) is 1. The van der Waals surface area contributed by atoms with E-state index in [0.29, 0.717) is 51.6 Å². The molecule has 0 spiro atoms. The lowest BCUT2D eigenvalue weighted by molar-refractivity contribution is -0.136. The Morgan fingerprint density at radius 3 is 2.47 bits per heavy atom. The van der Waals surface area contributed by atoms with Gasteiger partial charge in [0.15, 0.2) is 17.3 Å². The van der Waals surface area contributed by atoms with Crippen molar-refractivity contribution in [2.75, 3.05) is 13.7 Å². The summed E-state index contributed by atoms with van der Waals surface area (Å²) in [7, 11) is 1.30.